The average Bonchev–Trinajstić information content (AvgIpc) is 3.07. The van der Waals surface area contributed by atoms with Crippen molar-refractivity contribution >= 4 is 17.4 Å². The van der Waals surface area contributed by atoms with Gasteiger partial charge >= 0.3 is 0 Å². The zero-order valence-corrected chi connectivity index (χ0v) is 20.5. The summed E-state index contributed by atoms with van der Waals surface area (Å²) in [6.45, 7) is 7.29. The fourth-order valence-corrected chi connectivity index (χ4v) is 4.11. The maximum atomic E-state index is 13.2. The van der Waals surface area contributed by atoms with Crippen LogP contribution in [0.3, 0.4) is 0 Å². The summed E-state index contributed by atoms with van der Waals surface area (Å²) >= 11 is 0. The van der Waals surface area contributed by atoms with E-state index in [1.807, 2.05) is 31.2 Å². The molecule has 7 heteroatoms. The third-order valence-corrected chi connectivity index (χ3v) is 5.76. The number of hydrogen-bond donors (Lipinski definition) is 1. The lowest BCUT2D eigenvalue weighted by atomic mass is 9.93. The van der Waals surface area contributed by atoms with Gasteiger partial charge in [0.15, 0.2) is 0 Å². The van der Waals surface area contributed by atoms with E-state index in [0.717, 1.165) is 5.56 Å². The summed E-state index contributed by atoms with van der Waals surface area (Å²) in [6, 6.07) is 11.8. The smallest absolute Gasteiger partial charge is 0.295 e. The monoisotopic (exact) mass is 467 g/mol. The van der Waals surface area contributed by atoms with Gasteiger partial charge in [-0.1, -0.05) is 32.0 Å². The molecule has 1 aliphatic rings. The molecule has 0 aromatic heterocycles. The molecule has 0 saturated carbocycles. The summed E-state index contributed by atoms with van der Waals surface area (Å²) in [5, 5.41) is 11.4. The molecule has 1 fully saturated rings. The Balaban J connectivity index is 2.10. The Morgan fingerprint density at radius 2 is 1.85 bits per heavy atom. The first-order chi connectivity index (χ1) is 16.3. The van der Waals surface area contributed by atoms with E-state index in [0.29, 0.717) is 54.7 Å². The molecule has 0 spiro atoms. The largest absolute Gasteiger partial charge is 0.507 e. The lowest BCUT2D eigenvalue weighted by molar-refractivity contribution is -0.140. The van der Waals surface area contributed by atoms with E-state index in [4.69, 9.17) is 14.2 Å². The Kier molecular flexibility index (Phi) is 8.34. The fourth-order valence-electron chi connectivity index (χ4n) is 4.11. The number of nitrogens with zero attached hydrogens (tertiary/aromatic N) is 1. The van der Waals surface area contributed by atoms with Crippen LogP contribution in [0.1, 0.15) is 43.0 Å². The Hall–Kier alpha value is -3.32. The molecule has 1 heterocycles. The number of methoxy groups -OCH3 is 2. The molecule has 2 aromatic carbocycles. The second-order valence-electron chi connectivity index (χ2n) is 8.76. The van der Waals surface area contributed by atoms with Gasteiger partial charge in [0.2, 0.25) is 0 Å². The van der Waals surface area contributed by atoms with Crippen LogP contribution < -0.4 is 9.47 Å². The minimum absolute atomic E-state index is 0.0471. The van der Waals surface area contributed by atoms with Crippen molar-refractivity contribution in [1.82, 2.24) is 4.90 Å². The maximum Gasteiger partial charge on any atom is 0.295 e. The Bertz CT molecular complexity index is 1070. The number of carbonyl (C=O) groups excluding carboxylic acids is 2. The number of amides is 1. The number of aliphatic hydroxyl groups excluding tert-OH is 1. The Labute approximate surface area is 200 Å². The van der Waals surface area contributed by atoms with E-state index in [1.54, 1.807) is 25.3 Å². The van der Waals surface area contributed by atoms with Crippen molar-refractivity contribution in [2.24, 2.45) is 5.92 Å². The summed E-state index contributed by atoms with van der Waals surface area (Å²) in [5.74, 6) is 0.0171. The van der Waals surface area contributed by atoms with E-state index in [2.05, 4.69) is 13.8 Å². The van der Waals surface area contributed by atoms with Crippen molar-refractivity contribution in [3.05, 3.63) is 64.7 Å². The van der Waals surface area contributed by atoms with E-state index in [1.165, 1.54) is 12.0 Å². The second kappa shape index (κ2) is 11.2. The van der Waals surface area contributed by atoms with E-state index in [9.17, 15) is 14.7 Å². The van der Waals surface area contributed by atoms with Crippen LogP contribution >= 0.6 is 0 Å². The number of carbonyl (C=O) groups is 2. The molecule has 1 aliphatic heterocycles. The molecule has 0 radical (unpaired) electrons. The number of para-hydroxylation sites is 1. The number of hydrogen-bond acceptors (Lipinski definition) is 6. The molecule has 182 valence electrons. The predicted octanol–water partition coefficient (Wildman–Crippen LogP) is 4.50. The fraction of sp³-hybridized carbons (Fsp3) is 0.407. The van der Waals surface area contributed by atoms with Crippen LogP contribution in [0.25, 0.3) is 5.76 Å². The van der Waals surface area contributed by atoms with Crippen molar-refractivity contribution in [1.29, 1.82) is 0 Å². The molecule has 1 saturated heterocycles. The van der Waals surface area contributed by atoms with Crippen LogP contribution in [0.4, 0.5) is 0 Å². The molecular formula is C27H33NO6. The molecule has 1 amide bonds. The summed E-state index contributed by atoms with van der Waals surface area (Å²) in [5.41, 5.74) is 1.90. The van der Waals surface area contributed by atoms with Crippen molar-refractivity contribution in [3.63, 3.8) is 0 Å². The topological polar surface area (TPSA) is 85.3 Å². The average molecular weight is 468 g/mol. The van der Waals surface area contributed by atoms with Gasteiger partial charge in [-0.3, -0.25) is 9.59 Å². The zero-order valence-electron chi connectivity index (χ0n) is 20.5. The maximum absolute atomic E-state index is 13.2. The number of benzene rings is 2. The molecular weight excluding hydrogens is 434 g/mol. The van der Waals surface area contributed by atoms with Crippen molar-refractivity contribution in [3.8, 4) is 11.5 Å². The highest BCUT2D eigenvalue weighted by Gasteiger charge is 2.46. The first kappa shape index (κ1) is 25.3. The van der Waals surface area contributed by atoms with Crippen LogP contribution in [0.15, 0.2) is 48.0 Å². The summed E-state index contributed by atoms with van der Waals surface area (Å²) in [4.78, 5) is 27.7. The first-order valence-corrected chi connectivity index (χ1v) is 11.4. The van der Waals surface area contributed by atoms with E-state index < -0.39 is 17.7 Å². The molecule has 7 nitrogen and oxygen atoms in total. The molecule has 0 aliphatic carbocycles. The molecule has 0 unspecified atom stereocenters. The Morgan fingerprint density at radius 3 is 2.50 bits per heavy atom. The van der Waals surface area contributed by atoms with Crippen molar-refractivity contribution in [2.75, 3.05) is 34.0 Å². The number of rotatable bonds is 10. The number of ether oxygens (including phenoxy) is 3. The van der Waals surface area contributed by atoms with Gasteiger partial charge in [-0.15, -0.1) is 0 Å². The quantitative estimate of drug-likeness (QED) is 0.240. The standard InChI is InChI=1S/C27H33NO6/c1-17(2)16-34-19-11-12-20(18(3)15-19)25(29)23-24(21-9-6-7-10-22(21)33-5)28(13-8-14-32-4)27(31)26(23)30/h6-7,9-12,15,17,24,29H,8,13-14,16H2,1-5H3/t24-/m1/s1. The summed E-state index contributed by atoms with van der Waals surface area (Å²) < 4.78 is 16.4. The van der Waals surface area contributed by atoms with Gasteiger partial charge in [-0.2, -0.15) is 0 Å². The highest BCUT2D eigenvalue weighted by Crippen LogP contribution is 2.43. The van der Waals surface area contributed by atoms with Gasteiger partial charge in [0.25, 0.3) is 11.7 Å². The van der Waals surface area contributed by atoms with Gasteiger partial charge in [-0.25, -0.2) is 0 Å². The number of ketones is 1. The third kappa shape index (κ3) is 5.25. The van der Waals surface area contributed by atoms with Crippen LogP contribution in [0.2, 0.25) is 0 Å². The first-order valence-electron chi connectivity index (χ1n) is 11.4. The zero-order chi connectivity index (χ0) is 24.8. The highest BCUT2D eigenvalue weighted by atomic mass is 16.5. The number of Topliss-reactive ketones (excluding diaryl/α,β-unsaturated/α-hetero) is 1. The number of aryl methyl sites for hydroxylation is 1. The summed E-state index contributed by atoms with van der Waals surface area (Å²) in [6.07, 6.45) is 0.552. The summed E-state index contributed by atoms with van der Waals surface area (Å²) in [7, 11) is 3.12. The number of likely N-dealkylation sites (tertiary alicyclic amines) is 1. The lowest BCUT2D eigenvalue weighted by Gasteiger charge is -2.26. The molecule has 2 aromatic rings. The molecule has 0 bridgehead atoms. The van der Waals surface area contributed by atoms with E-state index in [-0.39, 0.29) is 11.3 Å². The van der Waals surface area contributed by atoms with Gasteiger partial charge in [0, 0.05) is 31.4 Å². The SMILES string of the molecule is COCCCN1C(=O)C(=O)C(=C(O)c2ccc(OCC(C)C)cc2C)[C@H]1c1ccccc1OC. The van der Waals surface area contributed by atoms with Crippen LogP contribution in [-0.2, 0) is 14.3 Å². The van der Waals surface area contributed by atoms with Crippen LogP contribution in [0, 0.1) is 12.8 Å². The van der Waals surface area contributed by atoms with E-state index >= 15 is 0 Å². The van der Waals surface area contributed by atoms with Gasteiger partial charge < -0.3 is 24.2 Å². The lowest BCUT2D eigenvalue weighted by Crippen LogP contribution is -2.31. The van der Waals surface area contributed by atoms with Crippen LogP contribution in [-0.4, -0.2) is 55.7 Å². The second-order valence-corrected chi connectivity index (χ2v) is 8.76. The van der Waals surface area contributed by atoms with Gasteiger partial charge in [0.1, 0.15) is 17.3 Å². The van der Waals surface area contributed by atoms with Crippen LogP contribution in [0.5, 0.6) is 11.5 Å². The minimum atomic E-state index is -0.774. The van der Waals surface area contributed by atoms with Crippen molar-refractivity contribution in [2.45, 2.75) is 33.2 Å². The van der Waals surface area contributed by atoms with Gasteiger partial charge in [0.05, 0.1) is 25.3 Å². The Morgan fingerprint density at radius 1 is 1.12 bits per heavy atom. The predicted molar refractivity (Wildman–Crippen MR) is 130 cm³/mol. The number of aliphatic hydroxyl groups is 1. The van der Waals surface area contributed by atoms with Gasteiger partial charge in [-0.05, 0) is 49.1 Å². The third-order valence-electron chi connectivity index (χ3n) is 5.76. The molecule has 3 rings (SSSR count). The molecule has 1 N–H and O–H groups in total. The normalized spacial score (nSPS) is 17.5. The highest BCUT2D eigenvalue weighted by molar-refractivity contribution is 6.46. The minimum Gasteiger partial charge on any atom is -0.507 e. The molecule has 1 atom stereocenters. The molecule has 34 heavy (non-hydrogen) atoms. The van der Waals surface area contributed by atoms with Crippen molar-refractivity contribution < 1.29 is 28.9 Å².